The summed E-state index contributed by atoms with van der Waals surface area (Å²) < 4.78 is 34.6. The molecule has 2 heterocycles. The van der Waals surface area contributed by atoms with E-state index in [4.69, 9.17) is 4.74 Å². The molecule has 1 fully saturated rings. The maximum absolute atomic E-state index is 13.0. The zero-order valence-corrected chi connectivity index (χ0v) is 18.3. The fourth-order valence-corrected chi connectivity index (χ4v) is 4.42. The number of carbonyl (C=O) groups is 3. The molecule has 10 heteroatoms. The van der Waals surface area contributed by atoms with Crippen molar-refractivity contribution in [2.75, 3.05) is 20.2 Å². The van der Waals surface area contributed by atoms with Crippen molar-refractivity contribution < 1.29 is 32.6 Å². The molecule has 3 rings (SSSR count). The first-order valence-corrected chi connectivity index (χ1v) is 11.0. The van der Waals surface area contributed by atoms with Crippen molar-refractivity contribution in [2.45, 2.75) is 31.9 Å². The minimum atomic E-state index is -3.05. The van der Waals surface area contributed by atoms with Crippen LogP contribution in [0, 0.1) is 5.92 Å². The van der Waals surface area contributed by atoms with Gasteiger partial charge < -0.3 is 19.7 Å². The zero-order valence-electron chi connectivity index (χ0n) is 17.5. The SMILES string of the molecule is COC(=O)CC(NC(=O)C1CCCN(C(=O)c2ccccc2OC(F)F)C1)c1cccs1. The average Bonchev–Trinajstić information content (AvgIpc) is 3.33. The van der Waals surface area contributed by atoms with Gasteiger partial charge in [-0.1, -0.05) is 18.2 Å². The molecule has 1 aliphatic heterocycles. The Labute approximate surface area is 188 Å². The highest BCUT2D eigenvalue weighted by molar-refractivity contribution is 7.10. The molecule has 2 atom stereocenters. The second-order valence-corrected chi connectivity index (χ2v) is 8.30. The predicted molar refractivity (Wildman–Crippen MR) is 114 cm³/mol. The third kappa shape index (κ3) is 6.03. The number of hydrogen-bond donors (Lipinski definition) is 1. The van der Waals surface area contributed by atoms with Crippen molar-refractivity contribution in [3.05, 3.63) is 52.2 Å². The maximum Gasteiger partial charge on any atom is 0.387 e. The minimum absolute atomic E-state index is 0.00351. The molecule has 0 spiro atoms. The molecule has 1 aromatic heterocycles. The monoisotopic (exact) mass is 466 g/mol. The van der Waals surface area contributed by atoms with Gasteiger partial charge in [0.1, 0.15) is 5.75 Å². The number of ether oxygens (including phenoxy) is 2. The number of rotatable bonds is 8. The van der Waals surface area contributed by atoms with E-state index in [0.717, 1.165) is 4.88 Å². The van der Waals surface area contributed by atoms with Gasteiger partial charge in [0, 0.05) is 18.0 Å². The van der Waals surface area contributed by atoms with Gasteiger partial charge in [-0.3, -0.25) is 14.4 Å². The van der Waals surface area contributed by atoms with E-state index in [9.17, 15) is 23.2 Å². The highest BCUT2D eigenvalue weighted by Gasteiger charge is 2.32. The lowest BCUT2D eigenvalue weighted by molar-refractivity contribution is -0.141. The fraction of sp³-hybridized carbons (Fsp3) is 0.409. The topological polar surface area (TPSA) is 84.9 Å². The van der Waals surface area contributed by atoms with Crippen molar-refractivity contribution in [1.82, 2.24) is 10.2 Å². The number of hydrogen-bond acceptors (Lipinski definition) is 6. The molecular formula is C22H24F2N2O5S. The van der Waals surface area contributed by atoms with E-state index in [1.165, 1.54) is 41.5 Å². The molecule has 0 bridgehead atoms. The molecular weight excluding hydrogens is 442 g/mol. The van der Waals surface area contributed by atoms with Gasteiger partial charge in [0.25, 0.3) is 5.91 Å². The van der Waals surface area contributed by atoms with Gasteiger partial charge in [0.15, 0.2) is 0 Å². The number of piperidine rings is 1. The van der Waals surface area contributed by atoms with Crippen LogP contribution < -0.4 is 10.1 Å². The Morgan fingerprint density at radius 1 is 1.22 bits per heavy atom. The van der Waals surface area contributed by atoms with Crippen LogP contribution in [0.25, 0.3) is 0 Å². The number of benzene rings is 1. The Kier molecular flexibility index (Phi) is 8.15. The summed E-state index contributed by atoms with van der Waals surface area (Å²) in [6.45, 7) is -2.50. The van der Waals surface area contributed by atoms with Crippen LogP contribution >= 0.6 is 11.3 Å². The quantitative estimate of drug-likeness (QED) is 0.601. The summed E-state index contributed by atoms with van der Waals surface area (Å²) in [4.78, 5) is 40.0. The second-order valence-electron chi connectivity index (χ2n) is 7.32. The van der Waals surface area contributed by atoms with Crippen LogP contribution in [0.3, 0.4) is 0 Å². The van der Waals surface area contributed by atoms with Crippen molar-refractivity contribution >= 4 is 29.1 Å². The van der Waals surface area contributed by atoms with Crippen molar-refractivity contribution in [2.24, 2.45) is 5.92 Å². The third-order valence-corrected chi connectivity index (χ3v) is 6.20. The van der Waals surface area contributed by atoms with E-state index in [1.807, 2.05) is 17.5 Å². The van der Waals surface area contributed by atoms with E-state index >= 15 is 0 Å². The van der Waals surface area contributed by atoms with Gasteiger partial charge >= 0.3 is 12.6 Å². The Morgan fingerprint density at radius 2 is 2.00 bits per heavy atom. The van der Waals surface area contributed by atoms with E-state index in [0.29, 0.717) is 19.4 Å². The number of carbonyl (C=O) groups excluding carboxylic acids is 3. The molecule has 1 saturated heterocycles. The molecule has 1 N–H and O–H groups in total. The molecule has 0 radical (unpaired) electrons. The number of likely N-dealkylation sites (tertiary alicyclic amines) is 1. The molecule has 0 saturated carbocycles. The highest BCUT2D eigenvalue weighted by Crippen LogP contribution is 2.27. The molecule has 7 nitrogen and oxygen atoms in total. The zero-order chi connectivity index (χ0) is 23.1. The summed E-state index contributed by atoms with van der Waals surface area (Å²) in [5.41, 5.74) is 0.0241. The van der Waals surface area contributed by atoms with E-state index in [1.54, 1.807) is 6.07 Å². The van der Waals surface area contributed by atoms with Gasteiger partial charge in [0.2, 0.25) is 5.91 Å². The van der Waals surface area contributed by atoms with Gasteiger partial charge in [0.05, 0.1) is 31.1 Å². The number of nitrogens with zero attached hydrogens (tertiary/aromatic N) is 1. The first-order valence-electron chi connectivity index (χ1n) is 10.1. The predicted octanol–water partition coefficient (Wildman–Crippen LogP) is 3.62. The number of halogens is 2. The molecule has 2 unspecified atom stereocenters. The number of thiophene rings is 1. The van der Waals surface area contributed by atoms with Gasteiger partial charge in [-0.25, -0.2) is 0 Å². The normalized spacial score (nSPS) is 17.0. The van der Waals surface area contributed by atoms with Crippen LogP contribution in [0.5, 0.6) is 5.75 Å². The Balaban J connectivity index is 1.69. The minimum Gasteiger partial charge on any atom is -0.469 e. The summed E-state index contributed by atoms with van der Waals surface area (Å²) in [6, 6.07) is 8.94. The number of esters is 1. The number of nitrogens with one attached hydrogen (secondary N) is 1. The summed E-state index contributed by atoms with van der Waals surface area (Å²) in [7, 11) is 1.29. The largest absolute Gasteiger partial charge is 0.469 e. The lowest BCUT2D eigenvalue weighted by atomic mass is 9.95. The van der Waals surface area contributed by atoms with Crippen LogP contribution in [0.15, 0.2) is 41.8 Å². The Hall–Kier alpha value is -3.01. The van der Waals surface area contributed by atoms with E-state index < -0.39 is 30.4 Å². The van der Waals surface area contributed by atoms with Crippen LogP contribution in [0.2, 0.25) is 0 Å². The molecule has 2 amide bonds. The lowest BCUT2D eigenvalue weighted by Crippen LogP contribution is -2.46. The fourth-order valence-electron chi connectivity index (χ4n) is 3.64. The molecule has 1 aliphatic rings. The number of methoxy groups -OCH3 is 1. The summed E-state index contributed by atoms with van der Waals surface area (Å²) >= 11 is 1.42. The van der Waals surface area contributed by atoms with Gasteiger partial charge in [-0.15, -0.1) is 11.3 Å². The number of alkyl halides is 2. The number of para-hydroxylation sites is 1. The van der Waals surface area contributed by atoms with Crippen molar-refractivity contribution in [1.29, 1.82) is 0 Å². The summed E-state index contributed by atoms with van der Waals surface area (Å²) in [6.07, 6.45) is 1.15. The van der Waals surface area contributed by atoms with E-state index in [2.05, 4.69) is 10.1 Å². The Morgan fingerprint density at radius 3 is 2.69 bits per heavy atom. The average molecular weight is 467 g/mol. The lowest BCUT2D eigenvalue weighted by Gasteiger charge is -2.33. The van der Waals surface area contributed by atoms with Crippen molar-refractivity contribution in [3.63, 3.8) is 0 Å². The molecule has 2 aromatic rings. The van der Waals surface area contributed by atoms with Crippen LogP contribution in [-0.2, 0) is 14.3 Å². The smallest absolute Gasteiger partial charge is 0.387 e. The van der Waals surface area contributed by atoms with Gasteiger partial charge in [-0.05, 0) is 36.4 Å². The Bertz CT molecular complexity index is 938. The summed E-state index contributed by atoms with van der Waals surface area (Å²) in [5.74, 6) is -1.88. The first-order chi connectivity index (χ1) is 15.4. The van der Waals surface area contributed by atoms with Crippen molar-refractivity contribution in [3.8, 4) is 5.75 Å². The van der Waals surface area contributed by atoms with Gasteiger partial charge in [-0.2, -0.15) is 8.78 Å². The third-order valence-electron chi connectivity index (χ3n) is 5.21. The maximum atomic E-state index is 13.0. The van der Waals surface area contributed by atoms with Crippen LogP contribution in [0.1, 0.15) is 40.5 Å². The summed E-state index contributed by atoms with van der Waals surface area (Å²) in [5, 5.41) is 4.75. The second kappa shape index (κ2) is 11.0. The molecule has 0 aliphatic carbocycles. The highest BCUT2D eigenvalue weighted by atomic mass is 32.1. The molecule has 32 heavy (non-hydrogen) atoms. The number of amides is 2. The standard InChI is InChI=1S/C22H24F2N2O5S/c1-30-19(27)12-16(18-9-5-11-32-18)25-20(28)14-6-4-10-26(13-14)21(29)15-7-2-3-8-17(15)31-22(23)24/h2-3,5,7-9,11,14,16,22H,4,6,10,12-13H2,1H3,(H,25,28). The molecule has 172 valence electrons. The van der Waals surface area contributed by atoms with Crippen LogP contribution in [-0.4, -0.2) is 49.5 Å². The van der Waals surface area contributed by atoms with E-state index in [-0.39, 0.29) is 30.2 Å². The first kappa shape index (κ1) is 23.6. The molecule has 1 aromatic carbocycles. The van der Waals surface area contributed by atoms with Crippen LogP contribution in [0.4, 0.5) is 8.78 Å².